The normalized spacial score (nSPS) is 23.0. The molecule has 3 rings (SSSR count). The summed E-state index contributed by atoms with van der Waals surface area (Å²) < 4.78 is 34.8. The number of carbonyl (C=O) groups excluding carboxylic acids is 1. The molecule has 0 spiro atoms. The second-order valence-electron chi connectivity index (χ2n) is 7.43. The summed E-state index contributed by atoms with van der Waals surface area (Å²) in [4.78, 5) is 12.6. The Labute approximate surface area is 149 Å². The topological polar surface area (TPSA) is 69.7 Å². The zero-order valence-electron chi connectivity index (χ0n) is 14.9. The fraction of sp³-hybridized carbons (Fsp3) is 0.632. The minimum absolute atomic E-state index is 0.0448. The van der Waals surface area contributed by atoms with E-state index in [2.05, 4.69) is 0 Å². The van der Waals surface area contributed by atoms with Crippen LogP contribution in [-0.4, -0.2) is 32.0 Å². The van der Waals surface area contributed by atoms with E-state index >= 15 is 0 Å². The number of hydrogen-bond acceptors (Lipinski definition) is 5. The molecular weight excluding hydrogens is 340 g/mol. The highest BCUT2D eigenvalue weighted by atomic mass is 32.2. The van der Waals surface area contributed by atoms with Gasteiger partial charge in [-0.15, -0.1) is 0 Å². The molecule has 1 aliphatic carbocycles. The molecule has 1 fully saturated rings. The summed E-state index contributed by atoms with van der Waals surface area (Å²) >= 11 is 0. The average Bonchev–Trinajstić information content (AvgIpc) is 3.02. The Morgan fingerprint density at radius 1 is 1.12 bits per heavy atom. The van der Waals surface area contributed by atoms with Crippen molar-refractivity contribution in [1.82, 2.24) is 0 Å². The lowest BCUT2D eigenvalue weighted by Gasteiger charge is -2.28. The van der Waals surface area contributed by atoms with Gasteiger partial charge < -0.3 is 9.47 Å². The van der Waals surface area contributed by atoms with Gasteiger partial charge in [0.15, 0.2) is 21.3 Å². The molecule has 2 aliphatic rings. The number of ether oxygens (including phenoxy) is 2. The lowest BCUT2D eigenvalue weighted by molar-refractivity contribution is -0.123. The first-order valence-electron chi connectivity index (χ1n) is 8.98. The van der Waals surface area contributed by atoms with E-state index in [-0.39, 0.29) is 35.4 Å². The van der Waals surface area contributed by atoms with E-state index in [0.29, 0.717) is 12.2 Å². The van der Waals surface area contributed by atoms with Crippen LogP contribution < -0.4 is 9.47 Å². The summed E-state index contributed by atoms with van der Waals surface area (Å²) in [5.41, 5.74) is 0.943. The molecule has 0 bridgehead atoms. The second kappa shape index (κ2) is 7.36. The molecule has 0 aromatic heterocycles. The monoisotopic (exact) mass is 366 g/mol. The van der Waals surface area contributed by atoms with Crippen LogP contribution in [0.4, 0.5) is 0 Å². The number of ketones is 1. The zero-order chi connectivity index (χ0) is 18.0. The van der Waals surface area contributed by atoms with Crippen LogP contribution in [0.5, 0.6) is 11.5 Å². The molecule has 0 saturated heterocycles. The highest BCUT2D eigenvalue weighted by Gasteiger charge is 2.30. The Balaban J connectivity index is 1.52. The number of fused-ring (bicyclic) bond motifs is 1. The third kappa shape index (κ3) is 4.35. The first-order valence-corrected chi connectivity index (χ1v) is 10.7. The Bertz CT molecular complexity index is 730. The molecule has 0 atom stereocenters. The van der Waals surface area contributed by atoms with Crippen LogP contribution in [0.3, 0.4) is 0 Å². The number of Topliss-reactive ketones (excluding diaryl/α,β-unsaturated/α-hetero) is 1. The first-order chi connectivity index (χ1) is 11.8. The van der Waals surface area contributed by atoms with E-state index in [0.717, 1.165) is 37.0 Å². The summed E-state index contributed by atoms with van der Waals surface area (Å²) in [6.07, 6.45) is 3.63. The molecule has 25 heavy (non-hydrogen) atoms. The minimum atomic E-state index is -3.00. The zero-order valence-corrected chi connectivity index (χ0v) is 15.7. The van der Waals surface area contributed by atoms with Gasteiger partial charge in [0.05, 0.1) is 11.0 Å². The van der Waals surface area contributed by atoms with Gasteiger partial charge in [0, 0.05) is 12.3 Å². The fourth-order valence-corrected chi connectivity index (χ4v) is 4.94. The SMILES string of the molecule is CC(C)S(=O)(=O)CC1CCC(C(=O)Cc2ccc3c(c2)OCO3)CC1. The van der Waals surface area contributed by atoms with Crippen molar-refractivity contribution in [3.8, 4) is 11.5 Å². The van der Waals surface area contributed by atoms with Crippen molar-refractivity contribution < 1.29 is 22.7 Å². The van der Waals surface area contributed by atoms with Crippen LogP contribution in [0.2, 0.25) is 0 Å². The molecule has 0 amide bonds. The fourth-order valence-electron chi connectivity index (χ4n) is 3.57. The predicted molar refractivity (Wildman–Crippen MR) is 95.6 cm³/mol. The van der Waals surface area contributed by atoms with Crippen molar-refractivity contribution >= 4 is 15.6 Å². The lowest BCUT2D eigenvalue weighted by Crippen LogP contribution is -2.29. The van der Waals surface area contributed by atoms with Crippen LogP contribution >= 0.6 is 0 Å². The largest absolute Gasteiger partial charge is 0.454 e. The van der Waals surface area contributed by atoms with Crippen molar-refractivity contribution in [3.63, 3.8) is 0 Å². The summed E-state index contributed by atoms with van der Waals surface area (Å²) in [7, 11) is -3.00. The molecule has 1 saturated carbocycles. The van der Waals surface area contributed by atoms with Crippen LogP contribution in [0.1, 0.15) is 45.1 Å². The average molecular weight is 366 g/mol. The van der Waals surface area contributed by atoms with E-state index in [9.17, 15) is 13.2 Å². The number of sulfone groups is 1. The third-order valence-electron chi connectivity index (χ3n) is 5.30. The smallest absolute Gasteiger partial charge is 0.231 e. The molecule has 1 heterocycles. The maximum Gasteiger partial charge on any atom is 0.231 e. The molecule has 0 unspecified atom stereocenters. The Morgan fingerprint density at radius 2 is 1.80 bits per heavy atom. The van der Waals surface area contributed by atoms with Crippen LogP contribution in [0.25, 0.3) is 0 Å². The summed E-state index contributed by atoms with van der Waals surface area (Å²) in [5, 5.41) is -0.321. The second-order valence-corrected chi connectivity index (χ2v) is 10.0. The first kappa shape index (κ1) is 18.2. The van der Waals surface area contributed by atoms with Gasteiger partial charge in [0.2, 0.25) is 6.79 Å². The molecule has 1 aliphatic heterocycles. The molecule has 5 nitrogen and oxygen atoms in total. The number of benzene rings is 1. The Morgan fingerprint density at radius 3 is 2.48 bits per heavy atom. The minimum Gasteiger partial charge on any atom is -0.454 e. The maximum absolute atomic E-state index is 12.6. The standard InChI is InChI=1S/C19H26O5S/c1-13(2)25(21,22)11-14-3-6-16(7-4-14)17(20)9-15-5-8-18-19(10-15)24-12-23-18/h5,8,10,13-14,16H,3-4,6-7,9,11-12H2,1-2H3. The molecule has 138 valence electrons. The highest BCUT2D eigenvalue weighted by molar-refractivity contribution is 7.91. The van der Waals surface area contributed by atoms with E-state index in [1.165, 1.54) is 0 Å². The van der Waals surface area contributed by atoms with E-state index in [1.54, 1.807) is 13.8 Å². The lowest BCUT2D eigenvalue weighted by atomic mass is 9.79. The third-order valence-corrected chi connectivity index (χ3v) is 7.68. The van der Waals surface area contributed by atoms with E-state index in [1.807, 2.05) is 18.2 Å². The van der Waals surface area contributed by atoms with Crippen LogP contribution in [-0.2, 0) is 21.1 Å². The van der Waals surface area contributed by atoms with E-state index in [4.69, 9.17) is 9.47 Å². The van der Waals surface area contributed by atoms with Gasteiger partial charge in [-0.1, -0.05) is 6.07 Å². The van der Waals surface area contributed by atoms with Crippen molar-refractivity contribution in [1.29, 1.82) is 0 Å². The Hall–Kier alpha value is -1.56. The highest BCUT2D eigenvalue weighted by Crippen LogP contribution is 2.34. The molecular formula is C19H26O5S. The quantitative estimate of drug-likeness (QED) is 0.773. The van der Waals surface area contributed by atoms with Crippen molar-refractivity contribution in [2.75, 3.05) is 12.5 Å². The molecule has 1 aromatic carbocycles. The summed E-state index contributed by atoms with van der Waals surface area (Å²) in [6.45, 7) is 3.70. The van der Waals surface area contributed by atoms with Crippen molar-refractivity contribution in [2.24, 2.45) is 11.8 Å². The molecule has 1 aromatic rings. The molecule has 0 radical (unpaired) electrons. The van der Waals surface area contributed by atoms with Crippen LogP contribution in [0, 0.1) is 11.8 Å². The predicted octanol–water partition coefficient (Wildman–Crippen LogP) is 3.16. The summed E-state index contributed by atoms with van der Waals surface area (Å²) in [5.74, 6) is 2.17. The van der Waals surface area contributed by atoms with Gasteiger partial charge in [-0.3, -0.25) is 4.79 Å². The van der Waals surface area contributed by atoms with Gasteiger partial charge in [-0.2, -0.15) is 0 Å². The van der Waals surface area contributed by atoms with Crippen molar-refractivity contribution in [2.45, 2.75) is 51.2 Å². The Kier molecular flexibility index (Phi) is 5.37. The molecule has 6 heteroatoms. The van der Waals surface area contributed by atoms with Gasteiger partial charge in [-0.25, -0.2) is 8.42 Å². The van der Waals surface area contributed by atoms with Crippen molar-refractivity contribution in [3.05, 3.63) is 23.8 Å². The number of hydrogen-bond donors (Lipinski definition) is 0. The van der Waals surface area contributed by atoms with Gasteiger partial charge in [0.25, 0.3) is 0 Å². The number of rotatable bonds is 6. The number of carbonyl (C=O) groups is 1. The van der Waals surface area contributed by atoms with Gasteiger partial charge in [0.1, 0.15) is 5.78 Å². The van der Waals surface area contributed by atoms with Gasteiger partial charge >= 0.3 is 0 Å². The van der Waals surface area contributed by atoms with Gasteiger partial charge in [-0.05, 0) is 63.1 Å². The van der Waals surface area contributed by atoms with E-state index < -0.39 is 9.84 Å². The molecule has 0 N–H and O–H groups in total. The van der Waals surface area contributed by atoms with Crippen LogP contribution in [0.15, 0.2) is 18.2 Å². The maximum atomic E-state index is 12.6. The summed E-state index contributed by atoms with van der Waals surface area (Å²) in [6, 6.07) is 5.63.